The van der Waals surface area contributed by atoms with Gasteiger partial charge in [-0.2, -0.15) is 0 Å². The van der Waals surface area contributed by atoms with Crippen molar-refractivity contribution in [3.8, 4) is 0 Å². The molecule has 0 saturated carbocycles. The van der Waals surface area contributed by atoms with Crippen LogP contribution >= 0.6 is 0 Å². The molecule has 0 aliphatic carbocycles. The van der Waals surface area contributed by atoms with Crippen molar-refractivity contribution in [1.82, 2.24) is 0 Å². The van der Waals surface area contributed by atoms with Gasteiger partial charge in [0.1, 0.15) is 0 Å². The van der Waals surface area contributed by atoms with E-state index in [2.05, 4.69) is 21.9 Å². The highest BCUT2D eigenvalue weighted by atomic mass is 16.5. The Labute approximate surface area is 101 Å². The second-order valence-electron chi connectivity index (χ2n) is 4.00. The van der Waals surface area contributed by atoms with Gasteiger partial charge in [0, 0.05) is 11.3 Å². The van der Waals surface area contributed by atoms with E-state index in [4.69, 9.17) is 0 Å². The van der Waals surface area contributed by atoms with Crippen LogP contribution in [-0.2, 0) is 16.1 Å². The molecule has 1 aromatic rings. The van der Waals surface area contributed by atoms with Gasteiger partial charge in [0.2, 0.25) is 0 Å². The van der Waals surface area contributed by atoms with Crippen molar-refractivity contribution in [2.45, 2.75) is 19.9 Å². The molecule has 3 nitrogen and oxygen atoms in total. The number of aliphatic imine (C=N–C) groups is 1. The SMILES string of the molecule is COC(=O)C/C=C/c1ccc2c(c1)CN=C2C. The molecule has 2 rings (SSSR count). The van der Waals surface area contributed by atoms with Crippen LogP contribution in [0.25, 0.3) is 6.08 Å². The number of esters is 1. The molecule has 0 unspecified atom stereocenters. The van der Waals surface area contributed by atoms with Gasteiger partial charge in [0.05, 0.1) is 20.1 Å². The molecule has 1 aliphatic heterocycles. The summed E-state index contributed by atoms with van der Waals surface area (Å²) in [5.74, 6) is -0.221. The summed E-state index contributed by atoms with van der Waals surface area (Å²) in [6.07, 6.45) is 4.06. The van der Waals surface area contributed by atoms with Crippen LogP contribution < -0.4 is 0 Å². The van der Waals surface area contributed by atoms with Gasteiger partial charge in [0.25, 0.3) is 0 Å². The van der Waals surface area contributed by atoms with E-state index in [-0.39, 0.29) is 5.97 Å². The maximum atomic E-state index is 10.9. The lowest BCUT2D eigenvalue weighted by atomic mass is 10.0. The Morgan fingerprint density at radius 2 is 2.35 bits per heavy atom. The van der Waals surface area contributed by atoms with Gasteiger partial charge in [-0.1, -0.05) is 24.3 Å². The van der Waals surface area contributed by atoms with Crippen molar-refractivity contribution in [2.75, 3.05) is 7.11 Å². The van der Waals surface area contributed by atoms with Gasteiger partial charge < -0.3 is 4.74 Å². The van der Waals surface area contributed by atoms with Crippen molar-refractivity contribution < 1.29 is 9.53 Å². The Balaban J connectivity index is 2.07. The van der Waals surface area contributed by atoms with Gasteiger partial charge in [0.15, 0.2) is 0 Å². The molecule has 1 aliphatic rings. The van der Waals surface area contributed by atoms with E-state index in [0.717, 1.165) is 17.8 Å². The van der Waals surface area contributed by atoms with Crippen LogP contribution in [0, 0.1) is 0 Å². The number of ether oxygens (including phenoxy) is 1. The zero-order valence-electron chi connectivity index (χ0n) is 10.1. The van der Waals surface area contributed by atoms with Gasteiger partial charge in [-0.3, -0.25) is 9.79 Å². The summed E-state index contributed by atoms with van der Waals surface area (Å²) in [5.41, 5.74) is 4.68. The molecule has 0 saturated heterocycles. The van der Waals surface area contributed by atoms with Crippen molar-refractivity contribution in [3.63, 3.8) is 0 Å². The Hall–Kier alpha value is -1.90. The zero-order valence-corrected chi connectivity index (χ0v) is 10.1. The first-order valence-electron chi connectivity index (χ1n) is 5.58. The molecule has 0 spiro atoms. The Kier molecular flexibility index (Phi) is 3.38. The van der Waals surface area contributed by atoms with Crippen LogP contribution in [0.2, 0.25) is 0 Å². The van der Waals surface area contributed by atoms with Crippen LogP contribution in [0.4, 0.5) is 0 Å². The summed E-state index contributed by atoms with van der Waals surface area (Å²) >= 11 is 0. The van der Waals surface area contributed by atoms with Crippen LogP contribution in [-0.4, -0.2) is 18.8 Å². The molecule has 0 aromatic heterocycles. The molecule has 0 bridgehead atoms. The second kappa shape index (κ2) is 4.95. The Morgan fingerprint density at radius 3 is 3.12 bits per heavy atom. The van der Waals surface area contributed by atoms with E-state index in [1.165, 1.54) is 18.2 Å². The molecule has 0 N–H and O–H groups in total. The number of benzene rings is 1. The average Bonchev–Trinajstić information content (AvgIpc) is 2.70. The third-order valence-electron chi connectivity index (χ3n) is 2.83. The number of carbonyl (C=O) groups is 1. The monoisotopic (exact) mass is 229 g/mol. The number of rotatable bonds is 3. The Bertz CT molecular complexity index is 501. The van der Waals surface area contributed by atoms with Crippen LogP contribution in [0.3, 0.4) is 0 Å². The molecule has 0 atom stereocenters. The minimum Gasteiger partial charge on any atom is -0.469 e. The van der Waals surface area contributed by atoms with E-state index < -0.39 is 0 Å². The first-order valence-corrected chi connectivity index (χ1v) is 5.58. The number of carbonyl (C=O) groups excluding carboxylic acids is 1. The highest BCUT2D eigenvalue weighted by molar-refractivity contribution is 6.02. The first kappa shape index (κ1) is 11.6. The number of nitrogens with zero attached hydrogens (tertiary/aromatic N) is 1. The molecular formula is C14H15NO2. The molecule has 1 heterocycles. The summed E-state index contributed by atoms with van der Waals surface area (Å²) in [4.78, 5) is 15.3. The van der Waals surface area contributed by atoms with Crippen molar-refractivity contribution in [3.05, 3.63) is 41.0 Å². The van der Waals surface area contributed by atoms with Crippen molar-refractivity contribution in [1.29, 1.82) is 0 Å². The third kappa shape index (κ3) is 2.61. The fourth-order valence-corrected chi connectivity index (χ4v) is 1.86. The lowest BCUT2D eigenvalue weighted by Crippen LogP contribution is -1.96. The summed E-state index contributed by atoms with van der Waals surface area (Å²) in [5, 5.41) is 0. The standard InChI is InChI=1S/C14H15NO2/c1-10-13-7-6-11(8-12(13)9-15-10)4-3-5-14(16)17-2/h3-4,6-8H,5,9H2,1-2H3/b4-3+. The average molecular weight is 229 g/mol. The van der Waals surface area contributed by atoms with Crippen molar-refractivity contribution >= 4 is 17.8 Å². The molecule has 1 aromatic carbocycles. The fraction of sp³-hybridized carbons (Fsp3) is 0.286. The molecule has 88 valence electrons. The summed E-state index contributed by atoms with van der Waals surface area (Å²) in [6, 6.07) is 6.24. The lowest BCUT2D eigenvalue weighted by molar-refractivity contribution is -0.139. The van der Waals surface area contributed by atoms with Crippen LogP contribution in [0.5, 0.6) is 0 Å². The smallest absolute Gasteiger partial charge is 0.309 e. The second-order valence-corrected chi connectivity index (χ2v) is 4.00. The topological polar surface area (TPSA) is 38.7 Å². The molecule has 0 radical (unpaired) electrons. The highest BCUT2D eigenvalue weighted by Gasteiger charge is 2.11. The Morgan fingerprint density at radius 1 is 1.53 bits per heavy atom. The molecule has 17 heavy (non-hydrogen) atoms. The minimum absolute atomic E-state index is 0.221. The van der Waals surface area contributed by atoms with Gasteiger partial charge >= 0.3 is 5.97 Å². The van der Waals surface area contributed by atoms with E-state index in [1.54, 1.807) is 0 Å². The fourth-order valence-electron chi connectivity index (χ4n) is 1.86. The predicted octanol–water partition coefficient (Wildman–Crippen LogP) is 2.59. The zero-order chi connectivity index (χ0) is 12.3. The highest BCUT2D eigenvalue weighted by Crippen LogP contribution is 2.20. The maximum Gasteiger partial charge on any atom is 0.309 e. The first-order chi connectivity index (χ1) is 8.20. The van der Waals surface area contributed by atoms with Gasteiger partial charge in [-0.25, -0.2) is 0 Å². The lowest BCUT2D eigenvalue weighted by Gasteiger charge is -2.01. The normalized spacial score (nSPS) is 13.6. The van der Waals surface area contributed by atoms with Crippen LogP contribution in [0.15, 0.2) is 29.3 Å². The number of hydrogen-bond acceptors (Lipinski definition) is 3. The third-order valence-corrected chi connectivity index (χ3v) is 2.83. The van der Waals surface area contributed by atoms with Crippen molar-refractivity contribution in [2.24, 2.45) is 4.99 Å². The van der Waals surface area contributed by atoms with Gasteiger partial charge in [-0.05, 0) is 24.1 Å². The molecular weight excluding hydrogens is 214 g/mol. The summed E-state index contributed by atoms with van der Waals surface area (Å²) < 4.78 is 4.57. The van der Waals surface area contributed by atoms with E-state index in [1.807, 2.05) is 25.1 Å². The summed E-state index contributed by atoms with van der Waals surface area (Å²) in [6.45, 7) is 2.79. The van der Waals surface area contributed by atoms with Crippen LogP contribution in [0.1, 0.15) is 30.0 Å². The number of methoxy groups -OCH3 is 1. The quantitative estimate of drug-likeness (QED) is 0.747. The molecule has 3 heteroatoms. The molecule has 0 amide bonds. The predicted molar refractivity (Wildman–Crippen MR) is 68.0 cm³/mol. The van der Waals surface area contributed by atoms with E-state index >= 15 is 0 Å². The largest absolute Gasteiger partial charge is 0.469 e. The van der Waals surface area contributed by atoms with Gasteiger partial charge in [-0.15, -0.1) is 0 Å². The summed E-state index contributed by atoms with van der Waals surface area (Å²) in [7, 11) is 1.39. The minimum atomic E-state index is -0.221. The molecule has 0 fully saturated rings. The maximum absolute atomic E-state index is 10.9. The number of fused-ring (bicyclic) bond motifs is 1. The van der Waals surface area contributed by atoms with E-state index in [9.17, 15) is 4.79 Å². The van der Waals surface area contributed by atoms with E-state index in [0.29, 0.717) is 6.42 Å². The number of hydrogen-bond donors (Lipinski definition) is 0.